The van der Waals surface area contributed by atoms with Gasteiger partial charge in [0.25, 0.3) is 5.91 Å². The Morgan fingerprint density at radius 3 is 2.55 bits per heavy atom. The standard InChI is InChI=1S/C14H23ClN4O/c1-5-6-19(8-7-18(3)4)14(20)11-9-12(15)17-13(10-11)16-2/h9-10H,5-8H2,1-4H3,(H,16,17). The number of hydrogen-bond acceptors (Lipinski definition) is 4. The van der Waals surface area contributed by atoms with E-state index < -0.39 is 0 Å². The van der Waals surface area contributed by atoms with Crippen LogP contribution in [-0.4, -0.2) is 61.5 Å². The zero-order valence-electron chi connectivity index (χ0n) is 12.6. The molecule has 20 heavy (non-hydrogen) atoms. The molecule has 1 aromatic rings. The van der Waals surface area contributed by atoms with Gasteiger partial charge in [0, 0.05) is 32.2 Å². The van der Waals surface area contributed by atoms with Crippen molar-refractivity contribution in [2.75, 3.05) is 46.1 Å². The molecule has 1 N–H and O–H groups in total. The predicted molar refractivity (Wildman–Crippen MR) is 83.5 cm³/mol. The largest absolute Gasteiger partial charge is 0.373 e. The Labute approximate surface area is 125 Å². The van der Waals surface area contributed by atoms with Crippen molar-refractivity contribution in [1.29, 1.82) is 0 Å². The van der Waals surface area contributed by atoms with E-state index in [1.165, 1.54) is 0 Å². The van der Waals surface area contributed by atoms with Crippen LogP contribution in [0.3, 0.4) is 0 Å². The number of nitrogens with zero attached hydrogens (tertiary/aromatic N) is 3. The molecule has 1 aromatic heterocycles. The van der Waals surface area contributed by atoms with Crippen LogP contribution in [0.25, 0.3) is 0 Å². The number of anilines is 1. The van der Waals surface area contributed by atoms with E-state index in [1.54, 1.807) is 19.2 Å². The number of halogens is 1. The lowest BCUT2D eigenvalue weighted by atomic mass is 10.2. The molecule has 0 saturated carbocycles. The number of amides is 1. The highest BCUT2D eigenvalue weighted by Gasteiger charge is 2.16. The summed E-state index contributed by atoms with van der Waals surface area (Å²) in [6.45, 7) is 4.34. The number of rotatable bonds is 7. The second-order valence-electron chi connectivity index (χ2n) is 4.91. The zero-order valence-corrected chi connectivity index (χ0v) is 13.4. The van der Waals surface area contributed by atoms with Gasteiger partial charge in [0.1, 0.15) is 11.0 Å². The number of likely N-dealkylation sites (N-methyl/N-ethyl adjacent to an activating group) is 1. The van der Waals surface area contributed by atoms with Crippen molar-refractivity contribution in [3.63, 3.8) is 0 Å². The summed E-state index contributed by atoms with van der Waals surface area (Å²) in [5, 5.41) is 3.23. The van der Waals surface area contributed by atoms with Gasteiger partial charge < -0.3 is 15.1 Å². The van der Waals surface area contributed by atoms with E-state index in [0.717, 1.165) is 19.5 Å². The first kappa shape index (κ1) is 16.7. The minimum atomic E-state index is -0.00509. The number of carbonyl (C=O) groups is 1. The summed E-state index contributed by atoms with van der Waals surface area (Å²) in [5.74, 6) is 0.597. The molecular formula is C14H23ClN4O. The molecule has 0 atom stereocenters. The Bertz CT molecular complexity index is 451. The molecule has 0 bridgehead atoms. The third-order valence-electron chi connectivity index (χ3n) is 2.90. The fourth-order valence-electron chi connectivity index (χ4n) is 1.84. The smallest absolute Gasteiger partial charge is 0.254 e. The van der Waals surface area contributed by atoms with Crippen LogP contribution in [0.15, 0.2) is 12.1 Å². The molecule has 0 unspecified atom stereocenters. The molecule has 0 aliphatic rings. The van der Waals surface area contributed by atoms with Crippen molar-refractivity contribution >= 4 is 23.3 Å². The molecule has 0 spiro atoms. The van der Waals surface area contributed by atoms with Gasteiger partial charge in [-0.3, -0.25) is 4.79 Å². The van der Waals surface area contributed by atoms with Crippen molar-refractivity contribution in [1.82, 2.24) is 14.8 Å². The molecular weight excluding hydrogens is 276 g/mol. The molecule has 112 valence electrons. The van der Waals surface area contributed by atoms with E-state index in [-0.39, 0.29) is 5.91 Å². The van der Waals surface area contributed by atoms with E-state index in [0.29, 0.717) is 23.1 Å². The zero-order chi connectivity index (χ0) is 15.1. The number of aromatic nitrogens is 1. The molecule has 0 fully saturated rings. The summed E-state index contributed by atoms with van der Waals surface area (Å²) in [6.07, 6.45) is 0.927. The maximum absolute atomic E-state index is 12.6. The minimum Gasteiger partial charge on any atom is -0.373 e. The first-order valence-electron chi connectivity index (χ1n) is 6.77. The van der Waals surface area contributed by atoms with E-state index in [2.05, 4.69) is 22.1 Å². The summed E-state index contributed by atoms with van der Waals surface area (Å²) >= 11 is 5.95. The molecule has 0 aromatic carbocycles. The van der Waals surface area contributed by atoms with Crippen LogP contribution in [0.2, 0.25) is 5.15 Å². The van der Waals surface area contributed by atoms with Gasteiger partial charge in [-0.15, -0.1) is 0 Å². The lowest BCUT2D eigenvalue weighted by molar-refractivity contribution is 0.0745. The lowest BCUT2D eigenvalue weighted by Gasteiger charge is -2.24. The lowest BCUT2D eigenvalue weighted by Crippen LogP contribution is -2.37. The third-order valence-corrected chi connectivity index (χ3v) is 3.09. The first-order chi connectivity index (χ1) is 9.47. The van der Waals surface area contributed by atoms with Gasteiger partial charge in [-0.05, 0) is 32.6 Å². The molecule has 0 aliphatic heterocycles. The van der Waals surface area contributed by atoms with Crippen molar-refractivity contribution in [2.24, 2.45) is 0 Å². The summed E-state index contributed by atoms with van der Waals surface area (Å²) in [6, 6.07) is 3.34. The molecule has 0 aliphatic carbocycles. The summed E-state index contributed by atoms with van der Waals surface area (Å²) in [7, 11) is 5.75. The van der Waals surface area contributed by atoms with E-state index >= 15 is 0 Å². The second-order valence-corrected chi connectivity index (χ2v) is 5.30. The highest BCUT2D eigenvalue weighted by molar-refractivity contribution is 6.29. The van der Waals surface area contributed by atoms with Crippen molar-refractivity contribution in [3.8, 4) is 0 Å². The Hall–Kier alpha value is -1.33. The summed E-state index contributed by atoms with van der Waals surface area (Å²) in [4.78, 5) is 20.6. The Kier molecular flexibility index (Phi) is 6.75. The highest BCUT2D eigenvalue weighted by Crippen LogP contribution is 2.16. The molecule has 1 heterocycles. The van der Waals surface area contributed by atoms with Crippen molar-refractivity contribution in [2.45, 2.75) is 13.3 Å². The second kappa shape index (κ2) is 8.07. The number of nitrogens with one attached hydrogen (secondary N) is 1. The van der Waals surface area contributed by atoms with Crippen LogP contribution in [0.1, 0.15) is 23.7 Å². The fourth-order valence-corrected chi connectivity index (χ4v) is 2.05. The number of pyridine rings is 1. The van der Waals surface area contributed by atoms with Crippen molar-refractivity contribution < 1.29 is 4.79 Å². The van der Waals surface area contributed by atoms with Crippen LogP contribution in [0.4, 0.5) is 5.82 Å². The molecule has 6 heteroatoms. The van der Waals surface area contributed by atoms with Crippen molar-refractivity contribution in [3.05, 3.63) is 22.8 Å². The molecule has 0 saturated heterocycles. The van der Waals surface area contributed by atoms with Crippen LogP contribution in [0, 0.1) is 0 Å². The Morgan fingerprint density at radius 2 is 2.00 bits per heavy atom. The monoisotopic (exact) mass is 298 g/mol. The van der Waals surface area contributed by atoms with Gasteiger partial charge in [0.15, 0.2) is 0 Å². The molecule has 1 amide bonds. The van der Waals surface area contributed by atoms with Gasteiger partial charge >= 0.3 is 0 Å². The maximum atomic E-state index is 12.6. The van der Waals surface area contributed by atoms with Crippen LogP contribution in [0.5, 0.6) is 0 Å². The molecule has 1 rings (SSSR count). The average molecular weight is 299 g/mol. The van der Waals surface area contributed by atoms with Crippen LogP contribution >= 0.6 is 11.6 Å². The summed E-state index contributed by atoms with van der Waals surface area (Å²) < 4.78 is 0. The number of carbonyl (C=O) groups excluding carboxylic acids is 1. The maximum Gasteiger partial charge on any atom is 0.254 e. The van der Waals surface area contributed by atoms with Gasteiger partial charge in [-0.25, -0.2) is 4.98 Å². The van der Waals surface area contributed by atoms with Gasteiger partial charge in [0.05, 0.1) is 0 Å². The van der Waals surface area contributed by atoms with Crippen LogP contribution < -0.4 is 5.32 Å². The van der Waals surface area contributed by atoms with E-state index in [1.807, 2.05) is 19.0 Å². The molecule has 5 nitrogen and oxygen atoms in total. The normalized spacial score (nSPS) is 10.7. The fraction of sp³-hybridized carbons (Fsp3) is 0.571. The third kappa shape index (κ3) is 4.98. The minimum absolute atomic E-state index is 0.00509. The summed E-state index contributed by atoms with van der Waals surface area (Å²) in [5.41, 5.74) is 0.571. The quantitative estimate of drug-likeness (QED) is 0.784. The predicted octanol–water partition coefficient (Wildman–Crippen LogP) is 2.19. The topological polar surface area (TPSA) is 48.5 Å². The van der Waals surface area contributed by atoms with Crippen LogP contribution in [-0.2, 0) is 0 Å². The van der Waals surface area contributed by atoms with E-state index in [4.69, 9.17) is 11.6 Å². The number of hydrogen-bond donors (Lipinski definition) is 1. The van der Waals surface area contributed by atoms with Gasteiger partial charge in [-0.1, -0.05) is 18.5 Å². The van der Waals surface area contributed by atoms with Gasteiger partial charge in [0.2, 0.25) is 0 Å². The SMILES string of the molecule is CCCN(CCN(C)C)C(=O)c1cc(Cl)nc(NC)c1. The first-order valence-corrected chi connectivity index (χ1v) is 7.15. The van der Waals surface area contributed by atoms with Gasteiger partial charge in [-0.2, -0.15) is 0 Å². The van der Waals surface area contributed by atoms with E-state index in [9.17, 15) is 4.79 Å². The average Bonchev–Trinajstić information content (AvgIpc) is 2.41. The Morgan fingerprint density at radius 1 is 1.30 bits per heavy atom. The highest BCUT2D eigenvalue weighted by atomic mass is 35.5. The molecule has 0 radical (unpaired) electrons. The Balaban J connectivity index is 2.90.